The maximum Gasteiger partial charge on any atom is 0.407 e. The molecule has 0 aliphatic carbocycles. The summed E-state index contributed by atoms with van der Waals surface area (Å²) in [5, 5.41) is 14.5. The smallest absolute Gasteiger partial charge is 0.407 e. The number of aryl methyl sites for hydroxylation is 1. The van der Waals surface area contributed by atoms with Gasteiger partial charge in [0.1, 0.15) is 5.69 Å². The molecule has 0 atom stereocenters. The third kappa shape index (κ3) is 3.29. The van der Waals surface area contributed by atoms with Crippen molar-refractivity contribution >= 4 is 6.09 Å². The van der Waals surface area contributed by atoms with Crippen molar-refractivity contribution in [3.63, 3.8) is 0 Å². The first kappa shape index (κ1) is 15.8. The minimum atomic E-state index is -0.476. The lowest BCUT2D eigenvalue weighted by Gasteiger charge is -2.00. The van der Waals surface area contributed by atoms with Crippen molar-refractivity contribution in [2.24, 2.45) is 0 Å². The summed E-state index contributed by atoms with van der Waals surface area (Å²) < 4.78 is 6.47. The fourth-order valence-electron chi connectivity index (χ4n) is 2.44. The summed E-state index contributed by atoms with van der Waals surface area (Å²) in [6.45, 7) is 3.11. The van der Waals surface area contributed by atoms with E-state index in [0.29, 0.717) is 6.54 Å². The number of H-pyrrole nitrogens is 1. The van der Waals surface area contributed by atoms with Crippen molar-refractivity contribution in [2.45, 2.75) is 20.0 Å². The molecule has 3 rings (SSSR count). The number of nitrogens with one attached hydrogen (secondary N) is 2. The van der Waals surface area contributed by atoms with E-state index in [1.54, 1.807) is 0 Å². The van der Waals surface area contributed by atoms with E-state index >= 15 is 0 Å². The highest BCUT2D eigenvalue weighted by atomic mass is 16.5. The van der Waals surface area contributed by atoms with Gasteiger partial charge in [0, 0.05) is 12.1 Å². The lowest BCUT2D eigenvalue weighted by atomic mass is 10.1. The van der Waals surface area contributed by atoms with E-state index in [4.69, 9.17) is 0 Å². The molecule has 0 radical (unpaired) electrons. The van der Waals surface area contributed by atoms with Gasteiger partial charge in [0.05, 0.1) is 30.7 Å². The van der Waals surface area contributed by atoms with Gasteiger partial charge in [-0.2, -0.15) is 10.2 Å². The molecule has 2 heterocycles. The number of hydrogen-bond acceptors (Lipinski definition) is 4. The summed E-state index contributed by atoms with van der Waals surface area (Å²) in [6, 6.07) is 13.9. The predicted octanol–water partition coefficient (Wildman–Crippen LogP) is 2.82. The Kier molecular flexibility index (Phi) is 4.60. The minimum Gasteiger partial charge on any atom is -0.453 e. The van der Waals surface area contributed by atoms with Crippen molar-refractivity contribution in [3.05, 3.63) is 48.2 Å². The van der Waals surface area contributed by atoms with Gasteiger partial charge in [0.25, 0.3) is 0 Å². The van der Waals surface area contributed by atoms with Crippen molar-refractivity contribution in [3.8, 4) is 22.6 Å². The maximum atomic E-state index is 11.1. The van der Waals surface area contributed by atoms with Crippen LogP contribution in [0.25, 0.3) is 22.6 Å². The summed E-state index contributed by atoms with van der Waals surface area (Å²) in [4.78, 5) is 11.1. The number of methoxy groups -OCH3 is 1. The number of alkyl carbamates (subject to hydrolysis) is 1. The standard InChI is InChI=1S/C17H19N5O2/c1-3-22-16(10-14(21-22)12-7-5-4-6-8-12)15-9-13(19-20-15)11-18-17(23)24-2/h4-10H,3,11H2,1-2H3,(H,18,23)(H,19,20). The lowest BCUT2D eigenvalue weighted by molar-refractivity contribution is 0.170. The Morgan fingerprint density at radius 2 is 2.04 bits per heavy atom. The van der Waals surface area contributed by atoms with Gasteiger partial charge < -0.3 is 10.1 Å². The van der Waals surface area contributed by atoms with Crippen molar-refractivity contribution in [1.29, 1.82) is 0 Å². The van der Waals surface area contributed by atoms with E-state index in [0.717, 1.165) is 34.9 Å². The molecule has 2 aromatic heterocycles. The van der Waals surface area contributed by atoms with Crippen LogP contribution in [-0.4, -0.2) is 33.2 Å². The van der Waals surface area contributed by atoms with Crippen molar-refractivity contribution in [2.75, 3.05) is 7.11 Å². The zero-order valence-electron chi connectivity index (χ0n) is 13.6. The van der Waals surface area contributed by atoms with E-state index < -0.39 is 6.09 Å². The van der Waals surface area contributed by atoms with E-state index in [-0.39, 0.29) is 0 Å². The highest BCUT2D eigenvalue weighted by Crippen LogP contribution is 2.25. The van der Waals surface area contributed by atoms with E-state index in [1.807, 2.05) is 54.1 Å². The first-order chi connectivity index (χ1) is 11.7. The van der Waals surface area contributed by atoms with Crippen LogP contribution >= 0.6 is 0 Å². The van der Waals surface area contributed by atoms with Crippen LogP contribution in [0.15, 0.2) is 42.5 Å². The summed E-state index contributed by atoms with van der Waals surface area (Å²) >= 11 is 0. The highest BCUT2D eigenvalue weighted by Gasteiger charge is 2.13. The van der Waals surface area contributed by atoms with Crippen LogP contribution in [0, 0.1) is 0 Å². The Morgan fingerprint density at radius 1 is 1.25 bits per heavy atom. The van der Waals surface area contributed by atoms with Crippen LogP contribution in [0.3, 0.4) is 0 Å². The molecule has 0 saturated carbocycles. The first-order valence-corrected chi connectivity index (χ1v) is 7.71. The monoisotopic (exact) mass is 325 g/mol. The van der Waals surface area contributed by atoms with E-state index in [9.17, 15) is 4.79 Å². The van der Waals surface area contributed by atoms with Gasteiger partial charge in [-0.1, -0.05) is 30.3 Å². The fourth-order valence-corrected chi connectivity index (χ4v) is 2.44. The second-order valence-electron chi connectivity index (χ2n) is 5.22. The number of ether oxygens (including phenoxy) is 1. The molecule has 0 spiro atoms. The van der Waals surface area contributed by atoms with Gasteiger partial charge in [0.15, 0.2) is 0 Å². The quantitative estimate of drug-likeness (QED) is 0.755. The van der Waals surface area contributed by atoms with Gasteiger partial charge in [-0.05, 0) is 19.1 Å². The molecule has 0 unspecified atom stereocenters. The molecule has 0 bridgehead atoms. The lowest BCUT2D eigenvalue weighted by Crippen LogP contribution is -2.22. The van der Waals surface area contributed by atoms with Gasteiger partial charge in [-0.15, -0.1) is 0 Å². The zero-order chi connectivity index (χ0) is 16.9. The number of aromatic amines is 1. The van der Waals surface area contributed by atoms with Gasteiger partial charge >= 0.3 is 6.09 Å². The summed E-state index contributed by atoms with van der Waals surface area (Å²) in [7, 11) is 1.33. The molecule has 1 amide bonds. The number of carbonyl (C=O) groups is 1. The molecule has 124 valence electrons. The third-order valence-corrected chi connectivity index (χ3v) is 3.65. The molecule has 2 N–H and O–H groups in total. The molecule has 24 heavy (non-hydrogen) atoms. The first-order valence-electron chi connectivity index (χ1n) is 7.71. The Hall–Kier alpha value is -3.09. The van der Waals surface area contributed by atoms with Crippen LogP contribution in [0.4, 0.5) is 4.79 Å². The Balaban J connectivity index is 1.85. The molecule has 0 aliphatic rings. The molecular formula is C17H19N5O2. The van der Waals surface area contributed by atoms with Crippen molar-refractivity contribution < 1.29 is 9.53 Å². The maximum absolute atomic E-state index is 11.1. The van der Waals surface area contributed by atoms with Crippen LogP contribution in [-0.2, 0) is 17.8 Å². The summed E-state index contributed by atoms with van der Waals surface area (Å²) in [5.41, 5.74) is 4.48. The average molecular weight is 325 g/mol. The summed E-state index contributed by atoms with van der Waals surface area (Å²) in [5.74, 6) is 0. The fraction of sp³-hybridized carbons (Fsp3) is 0.235. The molecular weight excluding hydrogens is 306 g/mol. The third-order valence-electron chi connectivity index (χ3n) is 3.65. The molecule has 0 saturated heterocycles. The van der Waals surface area contributed by atoms with Gasteiger partial charge in [-0.3, -0.25) is 9.78 Å². The Bertz CT molecular complexity index is 823. The SMILES string of the molecule is CCn1nc(-c2ccccc2)cc1-c1cc(CNC(=O)OC)[nH]n1. The normalized spacial score (nSPS) is 10.6. The highest BCUT2D eigenvalue weighted by molar-refractivity contribution is 5.68. The molecule has 1 aromatic carbocycles. The Morgan fingerprint density at radius 3 is 2.75 bits per heavy atom. The van der Waals surface area contributed by atoms with Crippen LogP contribution in [0.1, 0.15) is 12.6 Å². The second-order valence-corrected chi connectivity index (χ2v) is 5.22. The van der Waals surface area contributed by atoms with Gasteiger partial charge in [-0.25, -0.2) is 4.79 Å². The number of benzene rings is 1. The van der Waals surface area contributed by atoms with E-state index in [2.05, 4.69) is 25.3 Å². The second kappa shape index (κ2) is 6.99. The predicted molar refractivity (Wildman–Crippen MR) is 90.2 cm³/mol. The number of nitrogens with zero attached hydrogens (tertiary/aromatic N) is 3. The van der Waals surface area contributed by atoms with Crippen molar-refractivity contribution in [1.82, 2.24) is 25.3 Å². The number of rotatable bonds is 5. The van der Waals surface area contributed by atoms with Gasteiger partial charge in [0.2, 0.25) is 0 Å². The minimum absolute atomic E-state index is 0.325. The number of amides is 1. The number of carbonyl (C=O) groups excluding carboxylic acids is 1. The van der Waals surface area contributed by atoms with Crippen LogP contribution in [0.2, 0.25) is 0 Å². The molecule has 0 fully saturated rings. The molecule has 7 nitrogen and oxygen atoms in total. The number of hydrogen-bond donors (Lipinski definition) is 2. The topological polar surface area (TPSA) is 84.8 Å². The molecule has 7 heteroatoms. The van der Waals surface area contributed by atoms with Crippen LogP contribution < -0.4 is 5.32 Å². The largest absolute Gasteiger partial charge is 0.453 e. The number of aromatic nitrogens is 4. The summed E-state index contributed by atoms with van der Waals surface area (Å²) in [6.07, 6.45) is -0.476. The average Bonchev–Trinajstić information content (AvgIpc) is 3.26. The zero-order valence-corrected chi connectivity index (χ0v) is 13.6. The van der Waals surface area contributed by atoms with E-state index in [1.165, 1.54) is 7.11 Å². The molecule has 0 aliphatic heterocycles. The van der Waals surface area contributed by atoms with Crippen LogP contribution in [0.5, 0.6) is 0 Å². The molecule has 3 aromatic rings. The Labute approximate surface area is 139 Å².